The third kappa shape index (κ3) is 2.41. The second-order valence-corrected chi connectivity index (χ2v) is 6.51. The second kappa shape index (κ2) is 5.03. The molecule has 2 saturated carbocycles. The molecule has 98 valence electrons. The van der Waals surface area contributed by atoms with Gasteiger partial charge in [0.05, 0.1) is 10.0 Å². The average Bonchev–Trinajstić information content (AvgIpc) is 2.97. The molecule has 2 aliphatic rings. The van der Waals surface area contributed by atoms with E-state index < -0.39 is 0 Å². The summed E-state index contributed by atoms with van der Waals surface area (Å²) in [6.07, 6.45) is 4.22. The molecule has 0 spiro atoms. The first-order valence-corrected chi connectivity index (χ1v) is 7.63. The fourth-order valence-electron chi connectivity index (χ4n) is 3.52. The van der Waals surface area contributed by atoms with E-state index in [2.05, 4.69) is 18.3 Å². The van der Waals surface area contributed by atoms with Crippen molar-refractivity contribution in [1.82, 2.24) is 5.32 Å². The highest BCUT2D eigenvalue weighted by molar-refractivity contribution is 6.42. The zero-order valence-corrected chi connectivity index (χ0v) is 12.1. The molecule has 3 rings (SSSR count). The van der Waals surface area contributed by atoms with Crippen LogP contribution in [0.3, 0.4) is 0 Å². The van der Waals surface area contributed by atoms with E-state index in [9.17, 15) is 0 Å². The van der Waals surface area contributed by atoms with Gasteiger partial charge in [0, 0.05) is 6.04 Å². The van der Waals surface area contributed by atoms with Crippen LogP contribution in [0.5, 0.6) is 0 Å². The van der Waals surface area contributed by atoms with Gasteiger partial charge in [0.2, 0.25) is 0 Å². The van der Waals surface area contributed by atoms with Gasteiger partial charge in [-0.2, -0.15) is 0 Å². The van der Waals surface area contributed by atoms with Gasteiger partial charge in [0.25, 0.3) is 0 Å². The maximum Gasteiger partial charge on any atom is 0.0595 e. The van der Waals surface area contributed by atoms with Crippen LogP contribution in [0.2, 0.25) is 10.0 Å². The maximum absolute atomic E-state index is 6.14. The third-order valence-corrected chi connectivity index (χ3v) is 5.22. The van der Waals surface area contributed by atoms with Crippen LogP contribution in [0, 0.1) is 17.8 Å². The number of benzene rings is 1. The number of fused-ring (bicyclic) bond motifs is 1. The van der Waals surface area contributed by atoms with Crippen molar-refractivity contribution in [2.24, 2.45) is 17.8 Å². The highest BCUT2D eigenvalue weighted by Crippen LogP contribution is 2.57. The number of nitrogens with one attached hydrogen (secondary N) is 1. The standard InChI is InChI=1S/C15H19Cl2N/c1-2-18-15(12-6-10-5-11(10)7-12)9-3-4-13(16)14(17)8-9/h3-4,8,10-12,15,18H,2,5-7H2,1H3. The number of hydrogen-bond acceptors (Lipinski definition) is 1. The molecular formula is C15H19Cl2N. The lowest BCUT2D eigenvalue weighted by atomic mass is 9.89. The molecule has 2 fully saturated rings. The molecule has 0 bridgehead atoms. The van der Waals surface area contributed by atoms with Crippen LogP contribution in [-0.4, -0.2) is 6.54 Å². The Bertz CT molecular complexity index is 436. The smallest absolute Gasteiger partial charge is 0.0595 e. The van der Waals surface area contributed by atoms with Gasteiger partial charge in [-0.1, -0.05) is 36.2 Å². The molecule has 1 N–H and O–H groups in total. The van der Waals surface area contributed by atoms with Crippen molar-refractivity contribution >= 4 is 23.2 Å². The summed E-state index contributed by atoms with van der Waals surface area (Å²) in [5.41, 5.74) is 1.29. The van der Waals surface area contributed by atoms with E-state index in [1.165, 1.54) is 24.8 Å². The van der Waals surface area contributed by atoms with Crippen molar-refractivity contribution in [1.29, 1.82) is 0 Å². The highest BCUT2D eigenvalue weighted by Gasteiger charge is 2.47. The lowest BCUT2D eigenvalue weighted by Crippen LogP contribution is -2.27. The van der Waals surface area contributed by atoms with Gasteiger partial charge in [-0.15, -0.1) is 0 Å². The van der Waals surface area contributed by atoms with Gasteiger partial charge < -0.3 is 5.32 Å². The predicted octanol–water partition coefficient (Wildman–Crippen LogP) is 4.69. The van der Waals surface area contributed by atoms with Crippen molar-refractivity contribution in [3.63, 3.8) is 0 Å². The minimum Gasteiger partial charge on any atom is -0.310 e. The van der Waals surface area contributed by atoms with E-state index in [-0.39, 0.29) is 0 Å². The van der Waals surface area contributed by atoms with Crippen molar-refractivity contribution in [2.75, 3.05) is 6.54 Å². The molecule has 18 heavy (non-hydrogen) atoms. The maximum atomic E-state index is 6.14. The highest BCUT2D eigenvalue weighted by atomic mass is 35.5. The molecule has 0 aromatic heterocycles. The molecule has 1 aromatic rings. The van der Waals surface area contributed by atoms with Gasteiger partial charge in [-0.25, -0.2) is 0 Å². The van der Waals surface area contributed by atoms with Gasteiger partial charge in [-0.05, 0) is 61.3 Å². The van der Waals surface area contributed by atoms with Crippen LogP contribution in [0.15, 0.2) is 18.2 Å². The van der Waals surface area contributed by atoms with Gasteiger partial charge in [-0.3, -0.25) is 0 Å². The summed E-state index contributed by atoms with van der Waals surface area (Å²) >= 11 is 12.1. The number of halogens is 2. The summed E-state index contributed by atoms with van der Waals surface area (Å²) < 4.78 is 0. The average molecular weight is 284 g/mol. The van der Waals surface area contributed by atoms with Crippen molar-refractivity contribution < 1.29 is 0 Å². The fraction of sp³-hybridized carbons (Fsp3) is 0.600. The number of rotatable bonds is 4. The zero-order valence-electron chi connectivity index (χ0n) is 10.6. The summed E-state index contributed by atoms with van der Waals surface area (Å²) in [5.74, 6) is 2.80. The molecule has 3 unspecified atom stereocenters. The molecule has 3 heteroatoms. The predicted molar refractivity (Wildman–Crippen MR) is 77.2 cm³/mol. The Morgan fingerprint density at radius 3 is 2.50 bits per heavy atom. The summed E-state index contributed by atoms with van der Waals surface area (Å²) in [7, 11) is 0. The van der Waals surface area contributed by atoms with Crippen molar-refractivity contribution in [2.45, 2.75) is 32.2 Å². The SMILES string of the molecule is CCNC(c1ccc(Cl)c(Cl)c1)C1CC2CC2C1. The van der Waals surface area contributed by atoms with E-state index in [0.717, 1.165) is 24.3 Å². The van der Waals surface area contributed by atoms with Crippen LogP contribution in [0.1, 0.15) is 37.8 Å². The summed E-state index contributed by atoms with van der Waals surface area (Å²) in [4.78, 5) is 0. The Morgan fingerprint density at radius 2 is 1.89 bits per heavy atom. The van der Waals surface area contributed by atoms with Gasteiger partial charge in [0.1, 0.15) is 0 Å². The van der Waals surface area contributed by atoms with E-state index in [1.54, 1.807) is 0 Å². The monoisotopic (exact) mass is 283 g/mol. The minimum atomic E-state index is 0.442. The van der Waals surface area contributed by atoms with Crippen LogP contribution in [0.4, 0.5) is 0 Å². The van der Waals surface area contributed by atoms with E-state index in [0.29, 0.717) is 16.1 Å². The molecule has 3 atom stereocenters. The summed E-state index contributed by atoms with van der Waals surface area (Å²) in [6.45, 7) is 3.16. The molecule has 2 aliphatic carbocycles. The quantitative estimate of drug-likeness (QED) is 0.845. The van der Waals surface area contributed by atoms with Crippen LogP contribution in [0.25, 0.3) is 0 Å². The summed E-state index contributed by atoms with van der Waals surface area (Å²) in [6, 6.07) is 6.50. The lowest BCUT2D eigenvalue weighted by Gasteiger charge is -2.26. The molecule has 0 radical (unpaired) electrons. The first kappa shape index (κ1) is 12.8. The molecular weight excluding hydrogens is 265 g/mol. The Labute approximate surface area is 119 Å². The third-order valence-electron chi connectivity index (χ3n) is 4.48. The molecule has 0 heterocycles. The van der Waals surface area contributed by atoms with Crippen LogP contribution >= 0.6 is 23.2 Å². The fourth-order valence-corrected chi connectivity index (χ4v) is 3.82. The molecule has 0 aliphatic heterocycles. The Kier molecular flexibility index (Phi) is 3.57. The van der Waals surface area contributed by atoms with Gasteiger partial charge >= 0.3 is 0 Å². The normalized spacial score (nSPS) is 31.2. The topological polar surface area (TPSA) is 12.0 Å². The molecule has 1 nitrogen and oxygen atoms in total. The Balaban J connectivity index is 1.81. The molecule has 0 saturated heterocycles. The lowest BCUT2D eigenvalue weighted by molar-refractivity contribution is 0.347. The van der Waals surface area contributed by atoms with E-state index in [4.69, 9.17) is 23.2 Å². The minimum absolute atomic E-state index is 0.442. The Morgan fingerprint density at radius 1 is 1.17 bits per heavy atom. The largest absolute Gasteiger partial charge is 0.310 e. The molecule has 0 amide bonds. The van der Waals surface area contributed by atoms with Crippen LogP contribution < -0.4 is 5.32 Å². The molecule has 1 aromatic carbocycles. The first-order chi connectivity index (χ1) is 8.69. The van der Waals surface area contributed by atoms with Crippen molar-refractivity contribution in [3.05, 3.63) is 33.8 Å². The van der Waals surface area contributed by atoms with E-state index in [1.807, 2.05) is 12.1 Å². The number of hydrogen-bond donors (Lipinski definition) is 1. The van der Waals surface area contributed by atoms with E-state index >= 15 is 0 Å². The zero-order chi connectivity index (χ0) is 12.7. The van der Waals surface area contributed by atoms with Gasteiger partial charge in [0.15, 0.2) is 0 Å². The second-order valence-electron chi connectivity index (χ2n) is 5.70. The first-order valence-electron chi connectivity index (χ1n) is 6.87. The van der Waals surface area contributed by atoms with Crippen LogP contribution in [-0.2, 0) is 0 Å². The van der Waals surface area contributed by atoms with Crippen molar-refractivity contribution in [3.8, 4) is 0 Å². The Hall–Kier alpha value is -0.240. The summed E-state index contributed by atoms with van der Waals surface area (Å²) in [5, 5.41) is 4.94.